The van der Waals surface area contributed by atoms with Crippen molar-refractivity contribution in [3.63, 3.8) is 0 Å². The predicted octanol–water partition coefficient (Wildman–Crippen LogP) is 1.39. The maximum Gasteiger partial charge on any atom is 0.262 e. The predicted molar refractivity (Wildman–Crippen MR) is 82.6 cm³/mol. The zero-order chi connectivity index (χ0) is 15.0. The van der Waals surface area contributed by atoms with Gasteiger partial charge in [-0.25, -0.2) is 0 Å². The average molecular weight is 342 g/mol. The van der Waals surface area contributed by atoms with Crippen molar-refractivity contribution in [1.82, 2.24) is 9.99 Å². The van der Waals surface area contributed by atoms with Crippen LogP contribution in [0.3, 0.4) is 0 Å². The highest BCUT2D eigenvalue weighted by Crippen LogP contribution is 2.60. The summed E-state index contributed by atoms with van der Waals surface area (Å²) in [5.74, 6) is -0.642. The summed E-state index contributed by atoms with van der Waals surface area (Å²) in [6, 6.07) is 6.51. The minimum Gasteiger partial charge on any atom is -0.326 e. The van der Waals surface area contributed by atoms with Gasteiger partial charge in [0.25, 0.3) is 11.8 Å². The molecule has 2 heterocycles. The summed E-state index contributed by atoms with van der Waals surface area (Å²) in [7, 11) is 0. The Labute approximate surface area is 130 Å². The highest BCUT2D eigenvalue weighted by atomic mass is 32.9. The topological polar surface area (TPSA) is 75.7 Å². The second-order valence-electron chi connectivity index (χ2n) is 4.44. The first-order valence-electron chi connectivity index (χ1n) is 6.16. The molecular weight excluding hydrogens is 331 g/mol. The van der Waals surface area contributed by atoms with E-state index in [2.05, 4.69) is 5.09 Å². The molecule has 1 aromatic carbocycles. The quantitative estimate of drug-likeness (QED) is 0.661. The van der Waals surface area contributed by atoms with Crippen molar-refractivity contribution >= 4 is 46.5 Å². The Balaban J connectivity index is 1.72. The maximum atomic E-state index is 12.1. The van der Waals surface area contributed by atoms with E-state index in [1.165, 1.54) is 11.4 Å². The molecule has 0 radical (unpaired) electrons. The molecule has 1 saturated heterocycles. The molecule has 21 heavy (non-hydrogen) atoms. The van der Waals surface area contributed by atoms with Crippen LogP contribution in [0.1, 0.15) is 20.7 Å². The van der Waals surface area contributed by atoms with Crippen LogP contribution in [-0.2, 0) is 21.1 Å². The van der Waals surface area contributed by atoms with E-state index in [-0.39, 0.29) is 6.54 Å². The molecule has 0 aromatic heterocycles. The first-order chi connectivity index (χ1) is 10.0. The number of fused-ring (bicyclic) bond motifs is 1. The summed E-state index contributed by atoms with van der Waals surface area (Å²) in [4.78, 5) is 37.2. The molecule has 2 aliphatic heterocycles. The maximum absolute atomic E-state index is 12.1. The largest absolute Gasteiger partial charge is 0.326 e. The molecule has 2 aliphatic rings. The molecule has 3 rings (SSSR count). The van der Waals surface area contributed by atoms with E-state index in [1.807, 2.05) is 0 Å². The number of carbonyl (C=O) groups excluding carboxylic acids is 3. The Hall–Kier alpha value is -1.21. The normalized spacial score (nSPS) is 24.3. The van der Waals surface area contributed by atoms with Crippen molar-refractivity contribution in [2.24, 2.45) is 0 Å². The van der Waals surface area contributed by atoms with E-state index >= 15 is 0 Å². The van der Waals surface area contributed by atoms with Crippen LogP contribution >= 0.6 is 17.0 Å². The molecule has 1 fully saturated rings. The summed E-state index contributed by atoms with van der Waals surface area (Å²) >= 11 is 6.65. The van der Waals surface area contributed by atoms with Crippen LogP contribution in [0.5, 0.6) is 0 Å². The third kappa shape index (κ3) is 2.76. The first kappa shape index (κ1) is 14.7. The zero-order valence-electron chi connectivity index (χ0n) is 10.8. The molecular formula is C12H11N2O4PS2. The first-order valence-corrected chi connectivity index (χ1v) is 10.5. The van der Waals surface area contributed by atoms with Gasteiger partial charge in [0.1, 0.15) is 6.54 Å². The number of benzene rings is 1. The second kappa shape index (κ2) is 5.53. The van der Waals surface area contributed by atoms with Crippen molar-refractivity contribution in [1.29, 1.82) is 0 Å². The minimum atomic E-state index is -2.39. The Morgan fingerprint density at radius 3 is 2.48 bits per heavy atom. The van der Waals surface area contributed by atoms with Gasteiger partial charge in [0.05, 0.1) is 17.7 Å². The van der Waals surface area contributed by atoms with Gasteiger partial charge < -0.3 is 4.52 Å². The fraction of sp³-hybridized carbons (Fsp3) is 0.250. The lowest BCUT2D eigenvalue weighted by molar-refractivity contribution is -0.119. The lowest BCUT2D eigenvalue weighted by Crippen LogP contribution is -2.39. The summed E-state index contributed by atoms with van der Waals surface area (Å²) in [6.45, 7) is 0.171. The van der Waals surface area contributed by atoms with E-state index in [9.17, 15) is 14.4 Å². The van der Waals surface area contributed by atoms with Crippen molar-refractivity contribution in [3.05, 3.63) is 35.4 Å². The number of carbonyl (C=O) groups is 3. The van der Waals surface area contributed by atoms with Crippen LogP contribution in [0.2, 0.25) is 0 Å². The summed E-state index contributed by atoms with van der Waals surface area (Å²) in [5, 5.41) is 2.63. The van der Waals surface area contributed by atoms with Gasteiger partial charge in [0.15, 0.2) is 0 Å². The summed E-state index contributed by atoms with van der Waals surface area (Å²) in [5.41, 5.74) is -1.75. The van der Waals surface area contributed by atoms with Crippen LogP contribution in [0.4, 0.5) is 0 Å². The number of nitrogens with one attached hydrogen (secondary N) is 1. The molecule has 3 amide bonds. The van der Waals surface area contributed by atoms with Gasteiger partial charge in [-0.3, -0.25) is 24.4 Å². The monoisotopic (exact) mass is 342 g/mol. The van der Waals surface area contributed by atoms with Gasteiger partial charge in [0.2, 0.25) is 11.5 Å². The SMILES string of the molecule is O=C(CN1C(=O)c2ccccc2C1=O)NP1(=S)OCCS1. The third-order valence-corrected chi connectivity index (χ3v) is 8.48. The number of hydrogen-bond acceptors (Lipinski definition) is 6. The molecule has 1 atom stereocenters. The minimum absolute atomic E-state index is 0.324. The van der Waals surface area contributed by atoms with E-state index in [1.54, 1.807) is 24.3 Å². The van der Waals surface area contributed by atoms with Gasteiger partial charge in [0, 0.05) is 5.75 Å². The third-order valence-electron chi connectivity index (χ3n) is 3.05. The lowest BCUT2D eigenvalue weighted by atomic mass is 10.1. The van der Waals surface area contributed by atoms with E-state index in [4.69, 9.17) is 16.3 Å². The Kier molecular flexibility index (Phi) is 3.88. The molecule has 0 spiro atoms. The standard InChI is InChI=1S/C12H11N2O4PS2/c15-10(13-19(20)18-5-6-21-19)7-14-11(16)8-3-1-2-4-9(8)12(14)17/h1-4H,5-7H2,(H,13,15,20). The van der Waals surface area contributed by atoms with Gasteiger partial charge in [-0.1, -0.05) is 23.5 Å². The van der Waals surface area contributed by atoms with Gasteiger partial charge >= 0.3 is 0 Å². The molecule has 6 nitrogen and oxygen atoms in total. The molecule has 9 heteroatoms. The van der Waals surface area contributed by atoms with Crippen molar-refractivity contribution < 1.29 is 18.9 Å². The van der Waals surface area contributed by atoms with Gasteiger partial charge in [-0.05, 0) is 23.9 Å². The Morgan fingerprint density at radius 1 is 1.33 bits per heavy atom. The fourth-order valence-electron chi connectivity index (χ4n) is 2.13. The van der Waals surface area contributed by atoms with Crippen molar-refractivity contribution in [2.45, 2.75) is 0 Å². The van der Waals surface area contributed by atoms with Crippen molar-refractivity contribution in [3.8, 4) is 0 Å². The zero-order valence-corrected chi connectivity index (χ0v) is 13.3. The van der Waals surface area contributed by atoms with Crippen LogP contribution < -0.4 is 5.09 Å². The number of hydrogen-bond donors (Lipinski definition) is 1. The van der Waals surface area contributed by atoms with Crippen molar-refractivity contribution in [2.75, 3.05) is 18.9 Å². The van der Waals surface area contributed by atoms with E-state index < -0.39 is 23.3 Å². The molecule has 110 valence electrons. The molecule has 1 unspecified atom stereocenters. The fourth-order valence-corrected chi connectivity index (χ4v) is 6.66. The number of imide groups is 1. The summed E-state index contributed by atoms with van der Waals surface area (Å²) < 4.78 is 5.36. The van der Waals surface area contributed by atoms with Crippen LogP contribution in [-0.4, -0.2) is 41.5 Å². The average Bonchev–Trinajstić information content (AvgIpc) is 2.97. The lowest BCUT2D eigenvalue weighted by Gasteiger charge is -2.18. The highest BCUT2D eigenvalue weighted by Gasteiger charge is 2.37. The molecule has 0 saturated carbocycles. The summed E-state index contributed by atoms with van der Waals surface area (Å²) in [6.07, 6.45) is 0. The van der Waals surface area contributed by atoms with Crippen LogP contribution in [0, 0.1) is 0 Å². The number of rotatable bonds is 3. The molecule has 1 aromatic rings. The number of amides is 3. The highest BCUT2D eigenvalue weighted by molar-refractivity contribution is 8.69. The molecule has 0 aliphatic carbocycles. The van der Waals surface area contributed by atoms with E-state index in [0.29, 0.717) is 17.7 Å². The van der Waals surface area contributed by atoms with E-state index in [0.717, 1.165) is 10.7 Å². The Morgan fingerprint density at radius 2 is 1.95 bits per heavy atom. The molecule has 0 bridgehead atoms. The van der Waals surface area contributed by atoms with Crippen LogP contribution in [0.25, 0.3) is 0 Å². The van der Waals surface area contributed by atoms with Crippen LogP contribution in [0.15, 0.2) is 24.3 Å². The van der Waals surface area contributed by atoms with Gasteiger partial charge in [-0.2, -0.15) is 0 Å². The number of nitrogens with zero attached hydrogens (tertiary/aromatic N) is 1. The second-order valence-corrected chi connectivity index (χ2v) is 11.1. The Bertz CT molecular complexity index is 649. The van der Waals surface area contributed by atoms with Gasteiger partial charge in [-0.15, -0.1) is 0 Å². The molecule has 1 N–H and O–H groups in total. The smallest absolute Gasteiger partial charge is 0.262 e.